The summed E-state index contributed by atoms with van der Waals surface area (Å²) in [6.07, 6.45) is 15.7. The van der Waals surface area contributed by atoms with Crippen LogP contribution in [0, 0.1) is 0 Å². The third kappa shape index (κ3) is 20.4. The zero-order chi connectivity index (χ0) is 16.0. The van der Waals surface area contributed by atoms with Gasteiger partial charge in [0.25, 0.3) is 0 Å². The molecule has 0 spiro atoms. The second-order valence-electron chi connectivity index (χ2n) is 7.86. The molecule has 0 bridgehead atoms. The van der Waals surface area contributed by atoms with Gasteiger partial charge in [-0.05, 0) is 19.9 Å². The molecule has 3 heteroatoms. The number of halogens is 1. The van der Waals surface area contributed by atoms with Crippen molar-refractivity contribution in [3.63, 3.8) is 0 Å². The molecule has 0 heterocycles. The van der Waals surface area contributed by atoms with E-state index in [1.807, 2.05) is 0 Å². The SMILES string of the molecule is CCCCCCCCCCCCCNC(C)C[N+](C)(C)C.[Br-]. The fourth-order valence-corrected chi connectivity index (χ4v) is 3.02. The zero-order valence-electron chi connectivity index (χ0n) is 16.1. The number of likely N-dealkylation sites (N-methyl/N-ethyl adjacent to an activating group) is 1. The Hall–Kier alpha value is 0.400. The highest BCUT2D eigenvalue weighted by Gasteiger charge is 2.12. The van der Waals surface area contributed by atoms with Crippen molar-refractivity contribution < 1.29 is 21.5 Å². The molecule has 136 valence electrons. The van der Waals surface area contributed by atoms with Crippen molar-refractivity contribution in [1.82, 2.24) is 5.32 Å². The fraction of sp³-hybridized carbons (Fsp3) is 1.00. The maximum absolute atomic E-state index is 3.65. The van der Waals surface area contributed by atoms with Gasteiger partial charge in [-0.15, -0.1) is 0 Å². The average molecular weight is 379 g/mol. The van der Waals surface area contributed by atoms with Crippen LogP contribution in [0.4, 0.5) is 0 Å². The molecule has 22 heavy (non-hydrogen) atoms. The van der Waals surface area contributed by atoms with Gasteiger partial charge in [-0.1, -0.05) is 71.1 Å². The lowest BCUT2D eigenvalue weighted by molar-refractivity contribution is -0.871. The van der Waals surface area contributed by atoms with Gasteiger partial charge in [0.05, 0.1) is 33.7 Å². The Balaban J connectivity index is 0. The van der Waals surface area contributed by atoms with Crippen LogP contribution in [-0.2, 0) is 0 Å². The molecule has 0 rings (SSSR count). The summed E-state index contributed by atoms with van der Waals surface area (Å²) in [6, 6.07) is 0.633. The van der Waals surface area contributed by atoms with Gasteiger partial charge in [-0.25, -0.2) is 0 Å². The van der Waals surface area contributed by atoms with E-state index >= 15 is 0 Å². The van der Waals surface area contributed by atoms with E-state index in [9.17, 15) is 0 Å². The summed E-state index contributed by atoms with van der Waals surface area (Å²) >= 11 is 0. The molecule has 2 nitrogen and oxygen atoms in total. The van der Waals surface area contributed by atoms with Crippen molar-refractivity contribution in [3.05, 3.63) is 0 Å². The molecular weight excluding hydrogens is 336 g/mol. The second-order valence-corrected chi connectivity index (χ2v) is 7.86. The van der Waals surface area contributed by atoms with Crippen molar-refractivity contribution in [2.24, 2.45) is 0 Å². The summed E-state index contributed by atoms with van der Waals surface area (Å²) in [6.45, 7) is 7.00. The Morgan fingerprint density at radius 2 is 1.14 bits per heavy atom. The van der Waals surface area contributed by atoms with Crippen LogP contribution in [0.5, 0.6) is 0 Å². The zero-order valence-corrected chi connectivity index (χ0v) is 17.7. The largest absolute Gasteiger partial charge is 1.00 e. The van der Waals surface area contributed by atoms with E-state index in [-0.39, 0.29) is 17.0 Å². The van der Waals surface area contributed by atoms with E-state index in [0.29, 0.717) is 6.04 Å². The van der Waals surface area contributed by atoms with Gasteiger partial charge in [0.2, 0.25) is 0 Å². The topological polar surface area (TPSA) is 12.0 Å². The lowest BCUT2D eigenvalue weighted by atomic mass is 10.1. The minimum absolute atomic E-state index is 0. The molecule has 1 N–H and O–H groups in total. The standard InChI is InChI=1S/C19H43N2.BrH/c1-6-7-8-9-10-11-12-13-14-15-16-17-20-19(2)18-21(3,4)5;/h19-20H,6-18H2,1-5H3;1H/q+1;/p-1. The van der Waals surface area contributed by atoms with Gasteiger partial charge in [-0.2, -0.15) is 0 Å². The van der Waals surface area contributed by atoms with Crippen LogP contribution < -0.4 is 22.3 Å². The van der Waals surface area contributed by atoms with Gasteiger partial charge in [-0.3, -0.25) is 0 Å². The van der Waals surface area contributed by atoms with Gasteiger partial charge >= 0.3 is 0 Å². The Morgan fingerprint density at radius 1 is 0.727 bits per heavy atom. The van der Waals surface area contributed by atoms with Crippen molar-refractivity contribution in [1.29, 1.82) is 0 Å². The Labute approximate surface area is 151 Å². The number of nitrogens with one attached hydrogen (secondary N) is 1. The predicted octanol–water partition coefficient (Wildman–Crippen LogP) is 1.99. The molecule has 0 amide bonds. The first-order valence-corrected chi connectivity index (χ1v) is 9.49. The maximum Gasteiger partial charge on any atom is 0.0933 e. The Kier molecular flexibility index (Phi) is 18.2. The molecule has 0 aliphatic rings. The minimum Gasteiger partial charge on any atom is -1.00 e. The van der Waals surface area contributed by atoms with E-state index < -0.39 is 0 Å². The third-order valence-corrected chi connectivity index (χ3v) is 4.09. The molecule has 1 unspecified atom stereocenters. The molecule has 0 fully saturated rings. The van der Waals surface area contributed by atoms with E-state index in [1.165, 1.54) is 83.7 Å². The second kappa shape index (κ2) is 16.3. The number of nitrogens with zero attached hydrogens (tertiary/aromatic N) is 1. The summed E-state index contributed by atoms with van der Waals surface area (Å²) in [4.78, 5) is 0. The molecule has 1 atom stereocenters. The molecule has 0 aromatic rings. The van der Waals surface area contributed by atoms with E-state index in [0.717, 1.165) is 4.48 Å². The maximum atomic E-state index is 3.65. The molecule has 0 aliphatic carbocycles. The smallest absolute Gasteiger partial charge is 0.0933 e. The number of hydrogen-bond acceptors (Lipinski definition) is 1. The van der Waals surface area contributed by atoms with Crippen LogP contribution in [0.15, 0.2) is 0 Å². The first kappa shape index (κ1) is 24.6. The molecule has 0 saturated heterocycles. The molecule has 0 radical (unpaired) electrons. The predicted molar refractivity (Wildman–Crippen MR) is 96.8 cm³/mol. The lowest BCUT2D eigenvalue weighted by Crippen LogP contribution is -3.00. The van der Waals surface area contributed by atoms with Gasteiger partial charge in [0, 0.05) is 0 Å². The molecule has 0 aromatic carbocycles. The molecule has 0 aromatic heterocycles. The lowest BCUT2D eigenvalue weighted by Gasteiger charge is -2.28. The van der Waals surface area contributed by atoms with E-state index in [1.54, 1.807) is 0 Å². The summed E-state index contributed by atoms with van der Waals surface area (Å²) in [5.74, 6) is 0. The highest BCUT2D eigenvalue weighted by Crippen LogP contribution is 2.11. The quantitative estimate of drug-likeness (QED) is 0.339. The highest BCUT2D eigenvalue weighted by molar-refractivity contribution is 4.59. The number of unbranched alkanes of at least 4 members (excludes halogenated alkanes) is 10. The average Bonchev–Trinajstić information content (AvgIpc) is 2.38. The van der Waals surface area contributed by atoms with Gasteiger partial charge in [0.15, 0.2) is 0 Å². The summed E-state index contributed by atoms with van der Waals surface area (Å²) < 4.78 is 1.05. The van der Waals surface area contributed by atoms with Crippen molar-refractivity contribution in [2.75, 3.05) is 34.2 Å². The van der Waals surface area contributed by atoms with Crippen molar-refractivity contribution in [2.45, 2.75) is 90.5 Å². The fourth-order valence-electron chi connectivity index (χ4n) is 3.02. The van der Waals surface area contributed by atoms with E-state index in [2.05, 4.69) is 40.3 Å². The highest BCUT2D eigenvalue weighted by atomic mass is 79.9. The summed E-state index contributed by atoms with van der Waals surface area (Å²) in [5.41, 5.74) is 0. The first-order chi connectivity index (χ1) is 9.95. The monoisotopic (exact) mass is 378 g/mol. The minimum atomic E-state index is 0. The van der Waals surface area contributed by atoms with Crippen LogP contribution in [0.2, 0.25) is 0 Å². The number of quaternary nitrogens is 1. The Morgan fingerprint density at radius 3 is 1.55 bits per heavy atom. The normalized spacial score (nSPS) is 13.0. The van der Waals surface area contributed by atoms with Crippen molar-refractivity contribution in [3.8, 4) is 0 Å². The molecule has 0 saturated carbocycles. The van der Waals surface area contributed by atoms with Crippen LogP contribution in [-0.4, -0.2) is 44.8 Å². The number of hydrogen-bond donors (Lipinski definition) is 1. The van der Waals surface area contributed by atoms with Crippen molar-refractivity contribution >= 4 is 0 Å². The first-order valence-electron chi connectivity index (χ1n) is 9.49. The summed E-state index contributed by atoms with van der Waals surface area (Å²) in [5, 5.41) is 3.65. The van der Waals surface area contributed by atoms with Crippen LogP contribution in [0.3, 0.4) is 0 Å². The summed E-state index contributed by atoms with van der Waals surface area (Å²) in [7, 11) is 6.79. The van der Waals surface area contributed by atoms with E-state index in [4.69, 9.17) is 0 Å². The van der Waals surface area contributed by atoms with Crippen LogP contribution >= 0.6 is 0 Å². The Bertz CT molecular complexity index is 214. The molecular formula is C19H43BrN2. The third-order valence-electron chi connectivity index (χ3n) is 4.09. The van der Waals surface area contributed by atoms with Crippen LogP contribution in [0.25, 0.3) is 0 Å². The van der Waals surface area contributed by atoms with Gasteiger partial charge < -0.3 is 26.8 Å². The number of rotatable bonds is 15. The van der Waals surface area contributed by atoms with Gasteiger partial charge in [0.1, 0.15) is 0 Å². The van der Waals surface area contributed by atoms with Crippen LogP contribution in [0.1, 0.15) is 84.5 Å². The molecule has 0 aliphatic heterocycles.